The first-order chi connectivity index (χ1) is 8.32. The van der Waals surface area contributed by atoms with Crippen molar-refractivity contribution in [1.29, 1.82) is 0 Å². The third-order valence-electron chi connectivity index (χ3n) is 3.73. The zero-order valence-corrected chi connectivity index (χ0v) is 11.7. The lowest BCUT2D eigenvalue weighted by molar-refractivity contribution is 0.180. The number of benzene rings is 1. The van der Waals surface area contributed by atoms with Crippen molar-refractivity contribution in [2.75, 3.05) is 23.9 Å². The van der Waals surface area contributed by atoms with E-state index in [4.69, 9.17) is 5.73 Å². The van der Waals surface area contributed by atoms with Gasteiger partial charge >= 0.3 is 0 Å². The number of sulfone groups is 1. The molecule has 1 aromatic rings. The summed E-state index contributed by atoms with van der Waals surface area (Å²) in [6.07, 6.45) is 4.88. The minimum Gasteiger partial charge on any atom is -0.396 e. The van der Waals surface area contributed by atoms with Crippen molar-refractivity contribution < 1.29 is 8.42 Å². The molecule has 100 valence electrons. The van der Waals surface area contributed by atoms with Gasteiger partial charge in [0.1, 0.15) is 0 Å². The summed E-state index contributed by atoms with van der Waals surface area (Å²) in [5, 5.41) is 3.28. The molecule has 18 heavy (non-hydrogen) atoms. The number of nitrogens with one attached hydrogen (secondary N) is 1. The average Bonchev–Trinajstić information content (AvgIpc) is 2.23. The van der Waals surface area contributed by atoms with Crippen LogP contribution in [0.4, 0.5) is 11.4 Å². The van der Waals surface area contributed by atoms with Crippen molar-refractivity contribution >= 4 is 21.2 Å². The van der Waals surface area contributed by atoms with E-state index in [0.717, 1.165) is 6.54 Å². The number of para-hydroxylation sites is 1. The van der Waals surface area contributed by atoms with Crippen molar-refractivity contribution in [2.24, 2.45) is 5.41 Å². The van der Waals surface area contributed by atoms with Crippen molar-refractivity contribution in [2.45, 2.75) is 31.1 Å². The molecule has 0 saturated heterocycles. The lowest BCUT2D eigenvalue weighted by Crippen LogP contribution is -2.33. The Hall–Kier alpha value is -1.23. The molecule has 1 aromatic carbocycles. The maximum Gasteiger partial charge on any atom is 0.177 e. The van der Waals surface area contributed by atoms with Crippen LogP contribution < -0.4 is 11.1 Å². The molecular weight excluding hydrogens is 248 g/mol. The highest BCUT2D eigenvalue weighted by Gasteiger charge is 2.31. The Morgan fingerprint density at radius 1 is 1.39 bits per heavy atom. The maximum absolute atomic E-state index is 11.6. The number of nitrogens with two attached hydrogens (primary N) is 1. The second-order valence-corrected chi connectivity index (χ2v) is 7.49. The van der Waals surface area contributed by atoms with E-state index in [1.165, 1.54) is 25.5 Å². The van der Waals surface area contributed by atoms with Crippen molar-refractivity contribution in [3.05, 3.63) is 18.2 Å². The summed E-state index contributed by atoms with van der Waals surface area (Å²) in [5.41, 5.74) is 7.28. The Morgan fingerprint density at radius 2 is 2.06 bits per heavy atom. The van der Waals surface area contributed by atoms with Crippen molar-refractivity contribution in [3.63, 3.8) is 0 Å². The van der Waals surface area contributed by atoms with Gasteiger partial charge in [-0.3, -0.25) is 0 Å². The van der Waals surface area contributed by atoms with Gasteiger partial charge in [0, 0.05) is 12.8 Å². The zero-order valence-electron chi connectivity index (χ0n) is 10.9. The van der Waals surface area contributed by atoms with Gasteiger partial charge < -0.3 is 11.1 Å². The van der Waals surface area contributed by atoms with Gasteiger partial charge in [0.25, 0.3) is 0 Å². The topological polar surface area (TPSA) is 72.2 Å². The molecular formula is C13H20N2O2S. The zero-order chi connectivity index (χ0) is 13.4. The van der Waals surface area contributed by atoms with Crippen LogP contribution in [0.5, 0.6) is 0 Å². The molecule has 0 spiro atoms. The summed E-state index contributed by atoms with van der Waals surface area (Å²) in [4.78, 5) is 0.200. The standard InChI is InChI=1S/C13H20N2O2S/c1-13(7-4-8-13)9-15-10-5-3-6-11(12(10)14)18(2,16)17/h3,5-6,15H,4,7-9,14H2,1-2H3. The van der Waals surface area contributed by atoms with Crippen LogP contribution in [-0.2, 0) is 9.84 Å². The molecule has 0 bridgehead atoms. The molecule has 0 unspecified atom stereocenters. The largest absolute Gasteiger partial charge is 0.396 e. The Kier molecular flexibility index (Phi) is 3.27. The molecule has 4 nitrogen and oxygen atoms in total. The third-order valence-corrected chi connectivity index (χ3v) is 4.89. The van der Waals surface area contributed by atoms with E-state index in [1.807, 2.05) is 6.07 Å². The number of hydrogen-bond donors (Lipinski definition) is 2. The monoisotopic (exact) mass is 268 g/mol. The lowest BCUT2D eigenvalue weighted by Gasteiger charge is -2.38. The smallest absolute Gasteiger partial charge is 0.177 e. The molecule has 1 aliphatic carbocycles. The van der Waals surface area contributed by atoms with Gasteiger partial charge in [-0.05, 0) is 30.4 Å². The van der Waals surface area contributed by atoms with Gasteiger partial charge in [0.2, 0.25) is 0 Å². The van der Waals surface area contributed by atoms with Crippen LogP contribution in [-0.4, -0.2) is 21.2 Å². The quantitative estimate of drug-likeness (QED) is 0.822. The SMILES string of the molecule is CC1(CNc2cccc(S(C)(=O)=O)c2N)CCC1. The van der Waals surface area contributed by atoms with E-state index in [2.05, 4.69) is 12.2 Å². The molecule has 2 rings (SSSR count). The van der Waals surface area contributed by atoms with E-state index in [9.17, 15) is 8.42 Å². The summed E-state index contributed by atoms with van der Waals surface area (Å²) in [6.45, 7) is 3.07. The molecule has 0 aromatic heterocycles. The minimum absolute atomic E-state index is 0.200. The van der Waals surface area contributed by atoms with Gasteiger partial charge in [-0.2, -0.15) is 0 Å². The van der Waals surface area contributed by atoms with Gasteiger partial charge in [0.15, 0.2) is 9.84 Å². The molecule has 3 N–H and O–H groups in total. The van der Waals surface area contributed by atoms with E-state index < -0.39 is 9.84 Å². The summed E-state index contributed by atoms with van der Waals surface area (Å²) in [5.74, 6) is 0. The Morgan fingerprint density at radius 3 is 2.56 bits per heavy atom. The van der Waals surface area contributed by atoms with Gasteiger partial charge in [-0.1, -0.05) is 19.4 Å². The summed E-state index contributed by atoms with van der Waals surface area (Å²) in [7, 11) is -3.27. The van der Waals surface area contributed by atoms with Crippen molar-refractivity contribution in [3.8, 4) is 0 Å². The van der Waals surface area contributed by atoms with E-state index in [-0.39, 0.29) is 4.90 Å². The molecule has 0 heterocycles. The first-order valence-corrected chi connectivity index (χ1v) is 8.03. The van der Waals surface area contributed by atoms with E-state index in [0.29, 0.717) is 16.8 Å². The Bertz CT molecular complexity index is 548. The number of rotatable bonds is 4. The second-order valence-electron chi connectivity index (χ2n) is 5.51. The predicted molar refractivity (Wildman–Crippen MR) is 74.4 cm³/mol. The fourth-order valence-corrected chi connectivity index (χ4v) is 3.12. The van der Waals surface area contributed by atoms with Crippen LogP contribution in [0.25, 0.3) is 0 Å². The van der Waals surface area contributed by atoms with Crippen LogP contribution in [0.1, 0.15) is 26.2 Å². The maximum atomic E-state index is 11.6. The van der Waals surface area contributed by atoms with Crippen LogP contribution in [0.2, 0.25) is 0 Å². The van der Waals surface area contributed by atoms with E-state index >= 15 is 0 Å². The molecule has 0 radical (unpaired) electrons. The highest BCUT2D eigenvalue weighted by Crippen LogP contribution is 2.40. The predicted octanol–water partition coefficient (Wildman–Crippen LogP) is 2.27. The first-order valence-electron chi connectivity index (χ1n) is 6.14. The molecule has 0 aliphatic heterocycles. The molecule has 1 aliphatic rings. The number of hydrogen-bond acceptors (Lipinski definition) is 4. The van der Waals surface area contributed by atoms with Gasteiger partial charge in [0.05, 0.1) is 16.3 Å². The Balaban J connectivity index is 2.19. The van der Waals surface area contributed by atoms with Crippen LogP contribution in [0.15, 0.2) is 23.1 Å². The minimum atomic E-state index is -3.27. The highest BCUT2D eigenvalue weighted by atomic mass is 32.2. The molecule has 1 fully saturated rings. The van der Waals surface area contributed by atoms with Gasteiger partial charge in [-0.25, -0.2) is 8.42 Å². The first kappa shape index (κ1) is 13.2. The average molecular weight is 268 g/mol. The lowest BCUT2D eigenvalue weighted by atomic mass is 9.70. The normalized spacial score (nSPS) is 18.1. The molecule has 0 atom stereocenters. The third kappa shape index (κ3) is 2.61. The summed E-state index contributed by atoms with van der Waals surface area (Å²) < 4.78 is 23.1. The van der Waals surface area contributed by atoms with Crippen LogP contribution in [0, 0.1) is 5.41 Å². The summed E-state index contributed by atoms with van der Waals surface area (Å²) >= 11 is 0. The molecule has 1 saturated carbocycles. The fraction of sp³-hybridized carbons (Fsp3) is 0.538. The Labute approximate surface area is 108 Å². The van der Waals surface area contributed by atoms with Crippen LogP contribution in [0.3, 0.4) is 0 Å². The van der Waals surface area contributed by atoms with Crippen molar-refractivity contribution in [1.82, 2.24) is 0 Å². The summed E-state index contributed by atoms with van der Waals surface area (Å²) in [6, 6.07) is 5.09. The van der Waals surface area contributed by atoms with Gasteiger partial charge in [-0.15, -0.1) is 0 Å². The number of anilines is 2. The number of nitrogen functional groups attached to an aromatic ring is 1. The van der Waals surface area contributed by atoms with Crippen LogP contribution >= 0.6 is 0 Å². The molecule has 5 heteroatoms. The molecule has 0 amide bonds. The fourth-order valence-electron chi connectivity index (χ4n) is 2.29. The van der Waals surface area contributed by atoms with E-state index in [1.54, 1.807) is 12.1 Å². The second kappa shape index (κ2) is 4.46. The highest BCUT2D eigenvalue weighted by molar-refractivity contribution is 7.90.